The first-order valence-corrected chi connectivity index (χ1v) is 17.8. The third-order valence-electron chi connectivity index (χ3n) is 13.8. The van der Waals surface area contributed by atoms with Crippen molar-refractivity contribution in [2.45, 2.75) is 75.1 Å². The Bertz CT molecular complexity index is 1850. The molecule has 0 saturated heterocycles. The van der Waals surface area contributed by atoms with Crippen LogP contribution in [0.25, 0.3) is 16.8 Å². The lowest BCUT2D eigenvalue weighted by Crippen LogP contribution is -2.56. The first-order valence-electron chi connectivity index (χ1n) is 17.8. The first kappa shape index (κ1) is 32.1. The maximum Gasteiger partial charge on any atom is 0.185 e. The highest BCUT2D eigenvalue weighted by Gasteiger charge is 2.80. The average Bonchev–Trinajstić information content (AvgIpc) is 3.67. The van der Waals surface area contributed by atoms with Crippen molar-refractivity contribution in [2.24, 2.45) is 28.6 Å². The second-order valence-corrected chi connectivity index (χ2v) is 15.9. The van der Waals surface area contributed by atoms with Crippen LogP contribution in [0, 0.1) is 28.6 Å². The normalized spacial score (nSPS) is 38.5. The van der Waals surface area contributed by atoms with Gasteiger partial charge in [-0.15, -0.1) is 0 Å². The zero-order valence-electron chi connectivity index (χ0n) is 28.5. The molecule has 6 nitrogen and oxygen atoms in total. The molecule has 3 aromatic rings. The zero-order valence-corrected chi connectivity index (χ0v) is 28.5. The van der Waals surface area contributed by atoms with Gasteiger partial charge in [-0.2, -0.15) is 0 Å². The van der Waals surface area contributed by atoms with Crippen LogP contribution >= 0.6 is 0 Å². The fourth-order valence-electron chi connectivity index (χ4n) is 11.7. The fraction of sp³-hybridized carbons (Fsp3) is 0.500. The molecule has 5 aliphatic rings. The van der Waals surface area contributed by atoms with Crippen molar-refractivity contribution in [2.75, 3.05) is 27.3 Å². The van der Waals surface area contributed by atoms with Crippen molar-refractivity contribution in [1.82, 2.24) is 5.32 Å². The molecule has 0 aliphatic heterocycles. The quantitative estimate of drug-likeness (QED) is 0.210. The number of ketones is 1. The minimum absolute atomic E-state index is 0.0309. The second kappa shape index (κ2) is 11.2. The molecule has 8 rings (SSSR count). The van der Waals surface area contributed by atoms with E-state index in [1.165, 1.54) is 18.2 Å². The van der Waals surface area contributed by atoms with Crippen molar-refractivity contribution in [3.05, 3.63) is 101 Å². The average molecular weight is 648 g/mol. The Morgan fingerprint density at radius 1 is 1.02 bits per heavy atom. The molecule has 252 valence electrons. The molecule has 3 fully saturated rings. The highest BCUT2D eigenvalue weighted by molar-refractivity contribution is 5.90. The molecule has 0 unspecified atom stereocenters. The van der Waals surface area contributed by atoms with Crippen molar-refractivity contribution >= 4 is 22.6 Å². The van der Waals surface area contributed by atoms with Crippen LogP contribution < -0.4 is 5.32 Å². The fourth-order valence-corrected chi connectivity index (χ4v) is 11.7. The van der Waals surface area contributed by atoms with E-state index in [0.717, 1.165) is 58.8 Å². The third-order valence-corrected chi connectivity index (χ3v) is 13.8. The van der Waals surface area contributed by atoms with Gasteiger partial charge in [0.2, 0.25) is 0 Å². The number of benzene rings is 3. The number of hydrogen-bond donors (Lipinski definition) is 4. The van der Waals surface area contributed by atoms with Crippen molar-refractivity contribution in [1.29, 1.82) is 0 Å². The van der Waals surface area contributed by atoms with Crippen molar-refractivity contribution in [3.8, 4) is 0 Å². The molecule has 0 radical (unpaired) electrons. The summed E-state index contributed by atoms with van der Waals surface area (Å²) in [5.41, 5.74) is 4.20. The number of aliphatic hydroxyl groups is 3. The molecule has 2 spiro atoms. The number of carbonyl (C=O) groups is 1. The van der Waals surface area contributed by atoms with Crippen LogP contribution in [0.1, 0.15) is 72.8 Å². The minimum Gasteiger partial charge on any atom is -0.396 e. The highest BCUT2D eigenvalue weighted by Crippen LogP contribution is 2.74. The summed E-state index contributed by atoms with van der Waals surface area (Å²) in [6.45, 7) is 7.41. The smallest absolute Gasteiger partial charge is 0.185 e. The van der Waals surface area contributed by atoms with Crippen LogP contribution in [-0.4, -0.2) is 60.3 Å². The summed E-state index contributed by atoms with van der Waals surface area (Å²) in [6, 6.07) is 19.8. The standard InChI is InChI=1S/C42H49NO5/c1-25-37-32(24-44)22-41(42(37,47)48-4)36(46)13-9-26-6-5-7-33(17-26)40(15-14-28(21-40)23-43-3)38-34-19-31-16-27(20-39(25,41)2)8-10-29(31)18-30(34)11-12-35(38)45/h5-8,10-12,16-19,28,32,35,37-38,43-45,47H,1,9,13-15,20-24H2,2-4H3/t28-,32+,35-,37-,38-,39+,40-,41-,42-/m0/s1. The monoisotopic (exact) mass is 647 g/mol. The number of methoxy groups -OCH3 is 1. The van der Waals surface area contributed by atoms with Crippen LogP contribution in [0.5, 0.6) is 0 Å². The third kappa shape index (κ3) is 4.13. The molecule has 48 heavy (non-hydrogen) atoms. The van der Waals surface area contributed by atoms with Gasteiger partial charge in [0.25, 0.3) is 0 Å². The molecule has 0 amide bonds. The van der Waals surface area contributed by atoms with Gasteiger partial charge < -0.3 is 25.4 Å². The Kier molecular flexibility index (Phi) is 7.48. The molecule has 5 aliphatic carbocycles. The van der Waals surface area contributed by atoms with Gasteiger partial charge in [0.15, 0.2) is 5.79 Å². The number of hydrogen-bond acceptors (Lipinski definition) is 6. The number of rotatable bonds is 4. The number of carbonyl (C=O) groups excluding carboxylic acids is 1. The molecule has 9 atom stereocenters. The summed E-state index contributed by atoms with van der Waals surface area (Å²) in [5, 5.41) is 40.4. The molecule has 3 aromatic carbocycles. The maximum atomic E-state index is 14.9. The van der Waals surface area contributed by atoms with Gasteiger partial charge in [0.1, 0.15) is 5.78 Å². The lowest BCUT2D eigenvalue weighted by molar-refractivity contribution is -0.254. The van der Waals surface area contributed by atoms with Crippen LogP contribution in [0.15, 0.2) is 72.8 Å². The Labute approximate surface area is 283 Å². The number of aryl methyl sites for hydroxylation is 1. The van der Waals surface area contributed by atoms with E-state index in [1.807, 2.05) is 13.1 Å². The SMILES string of the molecule is C=C1[C@H]2[C@@H](CO)C[C@@]3(C(=O)CCc4cccc(c4)[C@@]4(CC[C@H](CNC)C4)[C@H]4c5cc6cc(ccc6cc5C=C[C@@H]4O)C[C@]13C)[C@@]2(O)OC. The second-order valence-electron chi connectivity index (χ2n) is 15.9. The van der Waals surface area contributed by atoms with E-state index < -0.39 is 28.6 Å². The van der Waals surface area contributed by atoms with Gasteiger partial charge in [-0.25, -0.2) is 0 Å². The van der Waals surface area contributed by atoms with Gasteiger partial charge in [-0.3, -0.25) is 4.79 Å². The van der Waals surface area contributed by atoms with Crippen LogP contribution in [0.3, 0.4) is 0 Å². The highest BCUT2D eigenvalue weighted by atomic mass is 16.6. The minimum atomic E-state index is -1.75. The Balaban J connectivity index is 1.36. The van der Waals surface area contributed by atoms with E-state index in [1.54, 1.807) is 0 Å². The molecular formula is C42H49NO5. The largest absolute Gasteiger partial charge is 0.396 e. The summed E-state index contributed by atoms with van der Waals surface area (Å²) in [5.74, 6) is -2.24. The van der Waals surface area contributed by atoms with E-state index in [9.17, 15) is 20.1 Å². The van der Waals surface area contributed by atoms with Crippen molar-refractivity contribution < 1.29 is 24.9 Å². The van der Waals surface area contributed by atoms with Gasteiger partial charge in [-0.05, 0) is 109 Å². The molecule has 6 heteroatoms. The Morgan fingerprint density at radius 3 is 2.62 bits per heavy atom. The summed E-state index contributed by atoms with van der Waals surface area (Å²) in [6.07, 6.45) is 8.13. The topological polar surface area (TPSA) is 99.0 Å². The predicted octanol–water partition coefficient (Wildman–Crippen LogP) is 5.85. The lowest BCUT2D eigenvalue weighted by Gasteiger charge is -2.48. The molecule has 4 N–H and O–H groups in total. The first-order chi connectivity index (χ1) is 23.0. The summed E-state index contributed by atoms with van der Waals surface area (Å²) < 4.78 is 5.99. The number of Topliss-reactive ketones (excluding diaryl/α,β-unsaturated/α-hetero) is 1. The molecule has 0 heterocycles. The Hall–Kier alpha value is -3.13. The Morgan fingerprint density at radius 2 is 1.85 bits per heavy atom. The van der Waals surface area contributed by atoms with E-state index >= 15 is 0 Å². The summed E-state index contributed by atoms with van der Waals surface area (Å²) >= 11 is 0. The number of ether oxygens (including phenoxy) is 1. The van der Waals surface area contributed by atoms with E-state index in [4.69, 9.17) is 4.74 Å². The zero-order chi connectivity index (χ0) is 33.6. The number of fused-ring (bicyclic) bond motifs is 6. The summed E-state index contributed by atoms with van der Waals surface area (Å²) in [4.78, 5) is 14.9. The number of aliphatic hydroxyl groups excluding tert-OH is 2. The predicted molar refractivity (Wildman–Crippen MR) is 188 cm³/mol. The van der Waals surface area contributed by atoms with Gasteiger partial charge >= 0.3 is 0 Å². The van der Waals surface area contributed by atoms with E-state index in [2.05, 4.69) is 79.5 Å². The number of nitrogens with one attached hydrogen (secondary N) is 1. The molecule has 3 saturated carbocycles. The van der Waals surface area contributed by atoms with Crippen LogP contribution in [0.2, 0.25) is 0 Å². The molecular weight excluding hydrogens is 598 g/mol. The lowest BCUT2D eigenvalue weighted by atomic mass is 9.55. The summed E-state index contributed by atoms with van der Waals surface area (Å²) in [7, 11) is 3.51. The van der Waals surface area contributed by atoms with E-state index in [-0.39, 0.29) is 36.1 Å². The molecule has 0 aromatic heterocycles. The molecule has 7 bridgehead atoms. The van der Waals surface area contributed by atoms with E-state index in [0.29, 0.717) is 25.2 Å². The van der Waals surface area contributed by atoms with Gasteiger partial charge in [-0.1, -0.05) is 79.8 Å². The van der Waals surface area contributed by atoms with Crippen LogP contribution in [-0.2, 0) is 27.8 Å². The van der Waals surface area contributed by atoms with Gasteiger partial charge in [0.05, 0.1) is 11.5 Å². The van der Waals surface area contributed by atoms with Crippen molar-refractivity contribution in [3.63, 3.8) is 0 Å². The van der Waals surface area contributed by atoms with Crippen LogP contribution in [0.4, 0.5) is 0 Å². The maximum absolute atomic E-state index is 14.9. The van der Waals surface area contributed by atoms with Gasteiger partial charge in [0, 0.05) is 42.8 Å².